The van der Waals surface area contributed by atoms with E-state index in [1.54, 1.807) is 0 Å². The molecule has 2 atom stereocenters. The first-order valence-electron chi connectivity index (χ1n) is 3.75. The predicted molar refractivity (Wildman–Crippen MR) is 38.0 cm³/mol. The zero-order valence-electron chi connectivity index (χ0n) is 6.46. The summed E-state index contributed by atoms with van der Waals surface area (Å²) < 4.78 is 12.9. The Morgan fingerprint density at radius 1 is 1.73 bits per heavy atom. The van der Waals surface area contributed by atoms with E-state index in [0.717, 1.165) is 11.3 Å². The number of nitrogens with zero attached hydrogens (tertiary/aromatic N) is 1. The van der Waals surface area contributed by atoms with E-state index in [0.29, 0.717) is 18.9 Å². The zero-order valence-corrected chi connectivity index (χ0v) is 6.46. The second kappa shape index (κ2) is 3.07. The summed E-state index contributed by atoms with van der Waals surface area (Å²) in [7, 11) is 0. The molecule has 1 aliphatic heterocycles. The second-order valence-electron chi connectivity index (χ2n) is 3.04. The van der Waals surface area contributed by atoms with Crippen molar-refractivity contribution in [1.82, 2.24) is 4.90 Å². The molecule has 0 radical (unpaired) electrons. The lowest BCUT2D eigenvalue weighted by molar-refractivity contribution is 0.0310. The van der Waals surface area contributed by atoms with E-state index >= 15 is 0 Å². The molecule has 0 aromatic rings. The molecule has 1 saturated heterocycles. The molecule has 0 aliphatic carbocycles. The molecule has 1 amide bonds. The Morgan fingerprint density at radius 2 is 2.36 bits per heavy atom. The molecular formula is C7H12FNO2. The number of amides is 1. The Kier molecular flexibility index (Phi) is 2.31. The fourth-order valence-electron chi connectivity index (χ4n) is 1.29. The SMILES string of the molecule is CC1CCN(C(=O)O)C(F)C1. The first kappa shape index (κ1) is 8.30. The van der Waals surface area contributed by atoms with Crippen molar-refractivity contribution in [3.05, 3.63) is 0 Å². The van der Waals surface area contributed by atoms with Crippen LogP contribution in [0.25, 0.3) is 0 Å². The van der Waals surface area contributed by atoms with E-state index in [1.165, 1.54) is 0 Å². The van der Waals surface area contributed by atoms with Gasteiger partial charge >= 0.3 is 6.09 Å². The third kappa shape index (κ3) is 1.82. The number of halogens is 1. The van der Waals surface area contributed by atoms with Crippen molar-refractivity contribution in [2.75, 3.05) is 6.54 Å². The van der Waals surface area contributed by atoms with E-state index in [9.17, 15) is 9.18 Å². The summed E-state index contributed by atoms with van der Waals surface area (Å²) in [5.74, 6) is 0.306. The van der Waals surface area contributed by atoms with E-state index in [-0.39, 0.29) is 0 Å². The molecule has 64 valence electrons. The molecule has 0 spiro atoms. The van der Waals surface area contributed by atoms with Gasteiger partial charge in [-0.3, -0.25) is 4.90 Å². The van der Waals surface area contributed by atoms with Gasteiger partial charge in [0.1, 0.15) is 0 Å². The number of carboxylic acid groups (broad SMARTS) is 1. The molecule has 4 heteroatoms. The van der Waals surface area contributed by atoms with Crippen molar-refractivity contribution in [2.45, 2.75) is 26.1 Å². The number of alkyl halides is 1. The summed E-state index contributed by atoms with van der Waals surface area (Å²) in [6, 6.07) is 0. The minimum atomic E-state index is -1.30. The lowest BCUT2D eigenvalue weighted by Gasteiger charge is -2.31. The summed E-state index contributed by atoms with van der Waals surface area (Å²) >= 11 is 0. The summed E-state index contributed by atoms with van der Waals surface area (Å²) in [6.07, 6.45) is -1.33. The van der Waals surface area contributed by atoms with Crippen LogP contribution in [0.1, 0.15) is 19.8 Å². The van der Waals surface area contributed by atoms with Gasteiger partial charge in [-0.15, -0.1) is 0 Å². The summed E-state index contributed by atoms with van der Waals surface area (Å²) in [5, 5.41) is 8.48. The topological polar surface area (TPSA) is 40.5 Å². The van der Waals surface area contributed by atoms with Gasteiger partial charge in [0.15, 0.2) is 6.30 Å². The van der Waals surface area contributed by atoms with Crippen LogP contribution in [0.3, 0.4) is 0 Å². The largest absolute Gasteiger partial charge is 0.465 e. The summed E-state index contributed by atoms with van der Waals surface area (Å²) in [5.41, 5.74) is 0. The zero-order chi connectivity index (χ0) is 8.43. The molecule has 3 nitrogen and oxygen atoms in total. The number of carbonyl (C=O) groups is 1. The van der Waals surface area contributed by atoms with Gasteiger partial charge in [-0.2, -0.15) is 0 Å². The number of likely N-dealkylation sites (tertiary alicyclic amines) is 1. The summed E-state index contributed by atoms with van der Waals surface area (Å²) in [4.78, 5) is 11.2. The van der Waals surface area contributed by atoms with Crippen molar-refractivity contribution >= 4 is 6.09 Å². The summed E-state index contributed by atoms with van der Waals surface area (Å²) in [6.45, 7) is 2.27. The minimum Gasteiger partial charge on any atom is -0.465 e. The van der Waals surface area contributed by atoms with E-state index in [1.807, 2.05) is 6.92 Å². The first-order valence-corrected chi connectivity index (χ1v) is 3.75. The highest BCUT2D eigenvalue weighted by Crippen LogP contribution is 2.22. The highest BCUT2D eigenvalue weighted by atomic mass is 19.1. The molecular weight excluding hydrogens is 149 g/mol. The van der Waals surface area contributed by atoms with Gasteiger partial charge in [-0.05, 0) is 12.3 Å². The standard InChI is InChI=1S/C7H12FNO2/c1-5-2-3-9(7(10)11)6(8)4-5/h5-6H,2-4H2,1H3,(H,10,11). The molecule has 0 bridgehead atoms. The number of hydrogen-bond donors (Lipinski definition) is 1. The Hall–Kier alpha value is -0.800. The molecule has 0 aromatic heterocycles. The van der Waals surface area contributed by atoms with Crippen LogP contribution in [-0.2, 0) is 0 Å². The van der Waals surface area contributed by atoms with Gasteiger partial charge < -0.3 is 5.11 Å². The fourth-order valence-corrected chi connectivity index (χ4v) is 1.29. The maximum Gasteiger partial charge on any atom is 0.409 e. The maximum atomic E-state index is 12.9. The lowest BCUT2D eigenvalue weighted by atomic mass is 9.99. The first-order chi connectivity index (χ1) is 5.11. The van der Waals surface area contributed by atoms with Gasteiger partial charge in [0.2, 0.25) is 0 Å². The van der Waals surface area contributed by atoms with Gasteiger partial charge in [0.25, 0.3) is 0 Å². The third-order valence-corrected chi connectivity index (χ3v) is 2.04. The molecule has 11 heavy (non-hydrogen) atoms. The Morgan fingerprint density at radius 3 is 2.82 bits per heavy atom. The fraction of sp³-hybridized carbons (Fsp3) is 0.857. The lowest BCUT2D eigenvalue weighted by Crippen LogP contribution is -2.42. The Balaban J connectivity index is 2.50. The van der Waals surface area contributed by atoms with Crippen LogP contribution in [0.4, 0.5) is 9.18 Å². The van der Waals surface area contributed by atoms with Crippen molar-refractivity contribution in [1.29, 1.82) is 0 Å². The van der Waals surface area contributed by atoms with Crippen molar-refractivity contribution in [3.63, 3.8) is 0 Å². The third-order valence-electron chi connectivity index (χ3n) is 2.04. The number of piperidine rings is 1. The second-order valence-corrected chi connectivity index (χ2v) is 3.04. The number of hydrogen-bond acceptors (Lipinski definition) is 1. The van der Waals surface area contributed by atoms with Crippen LogP contribution >= 0.6 is 0 Å². The van der Waals surface area contributed by atoms with Crippen LogP contribution in [0, 0.1) is 5.92 Å². The normalized spacial score (nSPS) is 32.0. The molecule has 1 rings (SSSR count). The molecule has 1 fully saturated rings. The monoisotopic (exact) mass is 161 g/mol. The molecule has 0 aromatic carbocycles. The molecule has 1 heterocycles. The Labute approximate surface area is 64.8 Å². The van der Waals surface area contributed by atoms with Crippen molar-refractivity contribution in [2.24, 2.45) is 5.92 Å². The van der Waals surface area contributed by atoms with Crippen LogP contribution in [0.5, 0.6) is 0 Å². The highest BCUT2D eigenvalue weighted by molar-refractivity contribution is 5.65. The van der Waals surface area contributed by atoms with Gasteiger partial charge in [-0.1, -0.05) is 6.92 Å². The molecule has 1 N–H and O–H groups in total. The van der Waals surface area contributed by atoms with E-state index in [4.69, 9.17) is 5.11 Å². The molecule has 0 saturated carbocycles. The van der Waals surface area contributed by atoms with Gasteiger partial charge in [0, 0.05) is 13.0 Å². The van der Waals surface area contributed by atoms with Crippen LogP contribution in [-0.4, -0.2) is 28.9 Å². The van der Waals surface area contributed by atoms with Gasteiger partial charge in [-0.25, -0.2) is 9.18 Å². The molecule has 2 unspecified atom stereocenters. The Bertz CT molecular complexity index is 163. The highest BCUT2D eigenvalue weighted by Gasteiger charge is 2.28. The minimum absolute atomic E-state index is 0.306. The number of rotatable bonds is 0. The van der Waals surface area contributed by atoms with Crippen LogP contribution in [0.15, 0.2) is 0 Å². The average molecular weight is 161 g/mol. The quantitative estimate of drug-likeness (QED) is 0.549. The average Bonchev–Trinajstić information content (AvgIpc) is 1.85. The van der Waals surface area contributed by atoms with Gasteiger partial charge in [0.05, 0.1) is 0 Å². The predicted octanol–water partition coefficient (Wildman–Crippen LogP) is 1.69. The smallest absolute Gasteiger partial charge is 0.409 e. The van der Waals surface area contributed by atoms with Crippen LogP contribution < -0.4 is 0 Å². The van der Waals surface area contributed by atoms with Crippen molar-refractivity contribution in [3.8, 4) is 0 Å². The van der Waals surface area contributed by atoms with Crippen LogP contribution in [0.2, 0.25) is 0 Å². The van der Waals surface area contributed by atoms with E-state index in [2.05, 4.69) is 0 Å². The van der Waals surface area contributed by atoms with E-state index < -0.39 is 12.4 Å². The van der Waals surface area contributed by atoms with Crippen molar-refractivity contribution < 1.29 is 14.3 Å². The maximum absolute atomic E-state index is 12.9. The molecule has 1 aliphatic rings.